The van der Waals surface area contributed by atoms with E-state index in [1.54, 1.807) is 32.9 Å². The number of halogens is 2. The Labute approximate surface area is 132 Å². The summed E-state index contributed by atoms with van der Waals surface area (Å²) in [5, 5.41) is 2.53. The van der Waals surface area contributed by atoms with E-state index in [9.17, 15) is 9.18 Å². The van der Waals surface area contributed by atoms with Crippen molar-refractivity contribution in [1.82, 2.24) is 5.32 Å². The van der Waals surface area contributed by atoms with Crippen LogP contribution in [0.1, 0.15) is 26.3 Å². The summed E-state index contributed by atoms with van der Waals surface area (Å²) in [5.41, 5.74) is 0.0965. The summed E-state index contributed by atoms with van der Waals surface area (Å²) in [7, 11) is 0. The second-order valence-electron chi connectivity index (χ2n) is 5.29. The molecule has 0 heterocycles. The third-order valence-corrected chi connectivity index (χ3v) is 2.86. The molecule has 116 valence electrons. The van der Waals surface area contributed by atoms with E-state index in [2.05, 4.69) is 27.8 Å². The van der Waals surface area contributed by atoms with Gasteiger partial charge in [-0.25, -0.2) is 9.18 Å². The number of carbonyl (C=O) groups is 1. The van der Waals surface area contributed by atoms with Crippen LogP contribution in [0, 0.1) is 5.82 Å². The minimum atomic E-state index is -0.555. The molecular weight excluding hydrogens is 341 g/mol. The first-order chi connectivity index (χ1) is 9.73. The maximum Gasteiger partial charge on any atom is 0.407 e. The fraction of sp³-hybridized carbons (Fsp3) is 0.400. The first-order valence-electron chi connectivity index (χ1n) is 6.44. The average molecular weight is 360 g/mol. The SMILES string of the molecule is C=Cc1cc(F)c(OCCNC(=O)OC(C)(C)C)c(Br)c1. The van der Waals surface area contributed by atoms with Gasteiger partial charge in [-0.2, -0.15) is 0 Å². The number of hydrogen-bond acceptors (Lipinski definition) is 3. The van der Waals surface area contributed by atoms with Crippen molar-refractivity contribution in [2.45, 2.75) is 26.4 Å². The minimum Gasteiger partial charge on any atom is -0.487 e. The number of amides is 1. The van der Waals surface area contributed by atoms with E-state index in [0.29, 0.717) is 10.0 Å². The molecule has 0 spiro atoms. The van der Waals surface area contributed by atoms with Crippen molar-refractivity contribution in [3.05, 3.63) is 34.6 Å². The first-order valence-corrected chi connectivity index (χ1v) is 7.23. The molecule has 1 aromatic carbocycles. The highest BCUT2D eigenvalue weighted by Crippen LogP contribution is 2.29. The molecule has 0 radical (unpaired) electrons. The standard InChI is InChI=1S/C15H19BrFNO3/c1-5-10-8-11(16)13(12(17)9-10)20-7-6-18-14(19)21-15(2,3)4/h5,8-9H,1,6-7H2,2-4H3,(H,18,19). The Balaban J connectivity index is 2.47. The van der Waals surface area contributed by atoms with Crippen LogP contribution in [0.4, 0.5) is 9.18 Å². The van der Waals surface area contributed by atoms with E-state index < -0.39 is 17.5 Å². The lowest BCUT2D eigenvalue weighted by molar-refractivity contribution is 0.0520. The van der Waals surface area contributed by atoms with Gasteiger partial charge in [0.1, 0.15) is 12.2 Å². The number of ether oxygens (including phenoxy) is 2. The third kappa shape index (κ3) is 6.16. The van der Waals surface area contributed by atoms with E-state index in [1.807, 2.05) is 0 Å². The Kier molecular flexibility index (Phi) is 6.20. The molecule has 1 N–H and O–H groups in total. The van der Waals surface area contributed by atoms with Gasteiger partial charge in [0.2, 0.25) is 0 Å². The van der Waals surface area contributed by atoms with E-state index in [4.69, 9.17) is 9.47 Å². The Bertz CT molecular complexity index is 503. The smallest absolute Gasteiger partial charge is 0.407 e. The van der Waals surface area contributed by atoms with Crippen LogP contribution in [-0.2, 0) is 4.74 Å². The molecule has 4 nitrogen and oxygen atoms in total. The Morgan fingerprint density at radius 2 is 2.14 bits per heavy atom. The second kappa shape index (κ2) is 7.45. The molecule has 0 atom stereocenters. The highest BCUT2D eigenvalue weighted by molar-refractivity contribution is 9.10. The van der Waals surface area contributed by atoms with Gasteiger partial charge >= 0.3 is 6.09 Å². The Morgan fingerprint density at radius 3 is 2.67 bits per heavy atom. The summed E-state index contributed by atoms with van der Waals surface area (Å²) in [5.74, 6) is -0.386. The Hall–Kier alpha value is -1.56. The van der Waals surface area contributed by atoms with Crippen molar-refractivity contribution in [2.75, 3.05) is 13.2 Å². The minimum absolute atomic E-state index is 0.103. The van der Waals surface area contributed by atoms with Gasteiger partial charge in [-0.3, -0.25) is 0 Å². The van der Waals surface area contributed by atoms with Crippen molar-refractivity contribution in [1.29, 1.82) is 0 Å². The summed E-state index contributed by atoms with van der Waals surface area (Å²) in [6, 6.07) is 3.03. The van der Waals surface area contributed by atoms with Gasteiger partial charge in [0.25, 0.3) is 0 Å². The number of rotatable bonds is 5. The first kappa shape index (κ1) is 17.5. The number of benzene rings is 1. The van der Waals surface area contributed by atoms with Gasteiger partial charge in [0.05, 0.1) is 11.0 Å². The topological polar surface area (TPSA) is 47.6 Å². The molecule has 1 amide bonds. The maximum atomic E-state index is 13.8. The fourth-order valence-corrected chi connectivity index (χ4v) is 2.02. The summed E-state index contributed by atoms with van der Waals surface area (Å²) in [4.78, 5) is 11.4. The van der Waals surface area contributed by atoms with E-state index >= 15 is 0 Å². The third-order valence-electron chi connectivity index (χ3n) is 2.27. The zero-order valence-electron chi connectivity index (χ0n) is 12.3. The second-order valence-corrected chi connectivity index (χ2v) is 6.15. The molecule has 0 saturated heterocycles. The van der Waals surface area contributed by atoms with Gasteiger partial charge in [-0.1, -0.05) is 12.7 Å². The van der Waals surface area contributed by atoms with Crippen LogP contribution in [0.15, 0.2) is 23.2 Å². The average Bonchev–Trinajstić information content (AvgIpc) is 2.34. The van der Waals surface area contributed by atoms with Crippen molar-refractivity contribution in [2.24, 2.45) is 0 Å². The highest BCUT2D eigenvalue weighted by atomic mass is 79.9. The molecule has 0 fully saturated rings. The van der Waals surface area contributed by atoms with Gasteiger partial charge in [-0.15, -0.1) is 0 Å². The molecule has 0 saturated carbocycles. The largest absolute Gasteiger partial charge is 0.487 e. The molecule has 0 aliphatic rings. The summed E-state index contributed by atoms with van der Waals surface area (Å²) in [6.07, 6.45) is 1.01. The molecule has 0 unspecified atom stereocenters. The van der Waals surface area contributed by atoms with Crippen LogP contribution in [0.3, 0.4) is 0 Å². The molecule has 0 aliphatic heterocycles. The van der Waals surface area contributed by atoms with Crippen LogP contribution in [0.2, 0.25) is 0 Å². The van der Waals surface area contributed by atoms with E-state index in [1.165, 1.54) is 6.07 Å². The Morgan fingerprint density at radius 1 is 1.48 bits per heavy atom. The van der Waals surface area contributed by atoms with Crippen molar-refractivity contribution in [3.8, 4) is 5.75 Å². The van der Waals surface area contributed by atoms with Crippen LogP contribution >= 0.6 is 15.9 Å². The zero-order chi connectivity index (χ0) is 16.0. The molecule has 0 aliphatic carbocycles. The number of hydrogen-bond donors (Lipinski definition) is 1. The summed E-state index contributed by atoms with van der Waals surface area (Å²) in [6.45, 7) is 9.24. The molecular formula is C15H19BrFNO3. The van der Waals surface area contributed by atoms with Gasteiger partial charge in [-0.05, 0) is 54.4 Å². The number of carbonyl (C=O) groups excluding carboxylic acids is 1. The number of alkyl carbamates (subject to hydrolysis) is 1. The fourth-order valence-electron chi connectivity index (χ4n) is 1.46. The number of nitrogens with one attached hydrogen (secondary N) is 1. The van der Waals surface area contributed by atoms with E-state index in [0.717, 1.165) is 0 Å². The predicted molar refractivity (Wildman–Crippen MR) is 83.9 cm³/mol. The monoisotopic (exact) mass is 359 g/mol. The predicted octanol–water partition coefficient (Wildman–Crippen LogP) is 4.13. The van der Waals surface area contributed by atoms with Crippen molar-refractivity contribution in [3.63, 3.8) is 0 Å². The van der Waals surface area contributed by atoms with Crippen LogP contribution in [0.5, 0.6) is 5.75 Å². The van der Waals surface area contributed by atoms with Gasteiger partial charge in [0, 0.05) is 0 Å². The lowest BCUT2D eigenvalue weighted by Crippen LogP contribution is -2.34. The van der Waals surface area contributed by atoms with Crippen LogP contribution in [-0.4, -0.2) is 24.8 Å². The molecule has 1 rings (SSSR count). The van der Waals surface area contributed by atoms with Crippen LogP contribution in [0.25, 0.3) is 6.08 Å². The van der Waals surface area contributed by atoms with Crippen molar-refractivity contribution >= 4 is 28.1 Å². The molecule has 1 aromatic rings. The molecule has 6 heteroatoms. The maximum absolute atomic E-state index is 13.8. The van der Waals surface area contributed by atoms with Crippen LogP contribution < -0.4 is 10.1 Å². The molecule has 0 aromatic heterocycles. The normalized spacial score (nSPS) is 10.9. The molecule has 21 heavy (non-hydrogen) atoms. The quantitative estimate of drug-likeness (QED) is 0.803. The van der Waals surface area contributed by atoms with Gasteiger partial charge < -0.3 is 14.8 Å². The summed E-state index contributed by atoms with van der Waals surface area (Å²) >= 11 is 3.23. The highest BCUT2D eigenvalue weighted by Gasteiger charge is 2.15. The summed E-state index contributed by atoms with van der Waals surface area (Å²) < 4.78 is 24.7. The van der Waals surface area contributed by atoms with E-state index in [-0.39, 0.29) is 18.9 Å². The lowest BCUT2D eigenvalue weighted by atomic mass is 10.2. The van der Waals surface area contributed by atoms with Gasteiger partial charge in [0.15, 0.2) is 11.6 Å². The zero-order valence-corrected chi connectivity index (χ0v) is 13.9. The molecule has 0 bridgehead atoms. The van der Waals surface area contributed by atoms with Crippen molar-refractivity contribution < 1.29 is 18.7 Å². The lowest BCUT2D eigenvalue weighted by Gasteiger charge is -2.19.